The summed E-state index contributed by atoms with van der Waals surface area (Å²) in [6.07, 6.45) is 3.29. The van der Waals surface area contributed by atoms with E-state index in [1.54, 1.807) is 18.5 Å². The molecule has 116 valence electrons. The second-order valence-electron chi connectivity index (χ2n) is 5.77. The fourth-order valence-electron chi connectivity index (χ4n) is 3.12. The largest absolute Gasteiger partial charge is 0.334 e. The Labute approximate surface area is 142 Å². The number of aromatic nitrogens is 3. The van der Waals surface area contributed by atoms with Crippen molar-refractivity contribution in [3.63, 3.8) is 0 Å². The first kappa shape index (κ1) is 14.4. The summed E-state index contributed by atoms with van der Waals surface area (Å²) >= 11 is 3.35. The maximum Gasteiger partial charge on any atom is 0.255 e. The van der Waals surface area contributed by atoms with Crippen LogP contribution >= 0.6 is 15.9 Å². The Morgan fingerprint density at radius 3 is 2.83 bits per heavy atom. The van der Waals surface area contributed by atoms with Crippen molar-refractivity contribution in [1.82, 2.24) is 19.4 Å². The van der Waals surface area contributed by atoms with Gasteiger partial charge in [-0.05, 0) is 41.1 Å². The van der Waals surface area contributed by atoms with E-state index in [4.69, 9.17) is 0 Å². The average molecular weight is 371 g/mol. The predicted molar refractivity (Wildman–Crippen MR) is 91.3 cm³/mol. The van der Waals surface area contributed by atoms with Gasteiger partial charge in [-0.25, -0.2) is 4.98 Å². The summed E-state index contributed by atoms with van der Waals surface area (Å²) in [5.74, 6) is 1.02. The Hall–Kier alpha value is -2.21. The number of rotatable bonds is 2. The number of amides is 1. The van der Waals surface area contributed by atoms with Gasteiger partial charge < -0.3 is 9.47 Å². The molecule has 0 spiro atoms. The number of benzene rings is 1. The maximum absolute atomic E-state index is 12.5. The number of hydrogen-bond acceptors (Lipinski definition) is 3. The molecule has 4 rings (SSSR count). The lowest BCUT2D eigenvalue weighted by atomic mass is 10.1. The number of aryl methyl sites for hydroxylation is 1. The molecule has 1 aliphatic rings. The molecule has 3 heterocycles. The van der Waals surface area contributed by atoms with Crippen LogP contribution in [-0.2, 0) is 0 Å². The Morgan fingerprint density at radius 1 is 1.26 bits per heavy atom. The van der Waals surface area contributed by atoms with Crippen LogP contribution in [0.15, 0.2) is 47.2 Å². The van der Waals surface area contributed by atoms with Crippen LogP contribution in [0.3, 0.4) is 0 Å². The summed E-state index contributed by atoms with van der Waals surface area (Å²) in [4.78, 5) is 23.0. The van der Waals surface area contributed by atoms with Gasteiger partial charge in [-0.3, -0.25) is 9.78 Å². The minimum Gasteiger partial charge on any atom is -0.334 e. The number of carbonyl (C=O) groups excluding carboxylic acids is 1. The smallest absolute Gasteiger partial charge is 0.255 e. The van der Waals surface area contributed by atoms with Gasteiger partial charge in [0.2, 0.25) is 0 Å². The summed E-state index contributed by atoms with van der Waals surface area (Å²) < 4.78 is 3.05. The van der Waals surface area contributed by atoms with Gasteiger partial charge in [0.05, 0.1) is 22.6 Å². The Kier molecular flexibility index (Phi) is 3.41. The molecule has 1 amide bonds. The molecule has 0 saturated carbocycles. The fourth-order valence-corrected chi connectivity index (χ4v) is 3.49. The SMILES string of the molecule is Cc1nc2ccccc2n1C1CN(C(=O)c2cncc(Br)c2)C1. The zero-order chi connectivity index (χ0) is 16.0. The standard InChI is InChI=1S/C17H15BrN4O/c1-11-20-15-4-2-3-5-16(15)22(11)14-9-21(10-14)17(23)12-6-13(18)8-19-7-12/h2-8,14H,9-10H2,1H3. The van der Waals surface area contributed by atoms with Crippen molar-refractivity contribution < 1.29 is 4.79 Å². The molecule has 1 aliphatic heterocycles. The molecule has 1 aromatic carbocycles. The van der Waals surface area contributed by atoms with Crippen molar-refractivity contribution in [2.24, 2.45) is 0 Å². The van der Waals surface area contributed by atoms with Crippen LogP contribution in [0.25, 0.3) is 11.0 Å². The lowest BCUT2D eigenvalue weighted by molar-refractivity contribution is 0.0523. The molecule has 0 aliphatic carbocycles. The molecule has 1 saturated heterocycles. The van der Waals surface area contributed by atoms with Crippen LogP contribution in [0, 0.1) is 6.92 Å². The van der Waals surface area contributed by atoms with Crippen LogP contribution in [0.5, 0.6) is 0 Å². The minimum absolute atomic E-state index is 0.0251. The van der Waals surface area contributed by atoms with Gasteiger partial charge in [-0.1, -0.05) is 12.1 Å². The van der Waals surface area contributed by atoms with E-state index < -0.39 is 0 Å². The molecule has 5 nitrogen and oxygen atoms in total. The number of fused-ring (bicyclic) bond motifs is 1. The summed E-state index contributed by atoms with van der Waals surface area (Å²) in [5.41, 5.74) is 2.75. The summed E-state index contributed by atoms with van der Waals surface area (Å²) in [6.45, 7) is 3.42. The van der Waals surface area contributed by atoms with Gasteiger partial charge in [0, 0.05) is 30.0 Å². The second kappa shape index (κ2) is 5.45. The number of halogens is 1. The van der Waals surface area contributed by atoms with Crippen molar-refractivity contribution in [2.45, 2.75) is 13.0 Å². The Morgan fingerprint density at radius 2 is 2.04 bits per heavy atom. The highest BCUT2D eigenvalue weighted by Crippen LogP contribution is 2.29. The van der Waals surface area contributed by atoms with E-state index in [1.165, 1.54) is 0 Å². The van der Waals surface area contributed by atoms with Crippen LogP contribution < -0.4 is 0 Å². The van der Waals surface area contributed by atoms with E-state index in [9.17, 15) is 4.79 Å². The lowest BCUT2D eigenvalue weighted by Gasteiger charge is -2.40. The molecule has 0 bridgehead atoms. The first-order chi connectivity index (χ1) is 11.1. The maximum atomic E-state index is 12.5. The van der Waals surface area contributed by atoms with E-state index in [2.05, 4.69) is 36.5 Å². The molecule has 0 N–H and O–H groups in total. The molecule has 2 aromatic heterocycles. The number of likely N-dealkylation sites (tertiary alicyclic amines) is 1. The van der Waals surface area contributed by atoms with E-state index in [-0.39, 0.29) is 11.9 Å². The topological polar surface area (TPSA) is 51.0 Å². The van der Waals surface area contributed by atoms with Gasteiger partial charge in [0.25, 0.3) is 5.91 Å². The molecule has 0 unspecified atom stereocenters. The minimum atomic E-state index is 0.0251. The molecule has 6 heteroatoms. The molecule has 23 heavy (non-hydrogen) atoms. The number of imidazole rings is 1. The van der Waals surface area contributed by atoms with Crippen molar-refractivity contribution in [3.05, 3.63) is 58.6 Å². The highest BCUT2D eigenvalue weighted by molar-refractivity contribution is 9.10. The van der Waals surface area contributed by atoms with Gasteiger partial charge in [0.15, 0.2) is 0 Å². The first-order valence-corrected chi connectivity index (χ1v) is 8.26. The van der Waals surface area contributed by atoms with Crippen LogP contribution in [0.2, 0.25) is 0 Å². The highest BCUT2D eigenvalue weighted by Gasteiger charge is 2.34. The first-order valence-electron chi connectivity index (χ1n) is 7.47. The normalized spacial score (nSPS) is 15.0. The van der Waals surface area contributed by atoms with Crippen LogP contribution in [-0.4, -0.2) is 38.4 Å². The molecular formula is C17H15BrN4O. The van der Waals surface area contributed by atoms with E-state index >= 15 is 0 Å². The predicted octanol–water partition coefficient (Wildman–Crippen LogP) is 3.20. The number of carbonyl (C=O) groups is 1. The lowest BCUT2D eigenvalue weighted by Crippen LogP contribution is -2.50. The zero-order valence-corrected chi connectivity index (χ0v) is 14.2. The molecule has 0 atom stereocenters. The summed E-state index contributed by atoms with van der Waals surface area (Å²) in [6, 6.07) is 10.2. The van der Waals surface area contributed by atoms with Gasteiger partial charge >= 0.3 is 0 Å². The fraction of sp³-hybridized carbons (Fsp3) is 0.235. The second-order valence-corrected chi connectivity index (χ2v) is 6.69. The Bertz CT molecular complexity index is 898. The van der Waals surface area contributed by atoms with Crippen molar-refractivity contribution in [2.75, 3.05) is 13.1 Å². The number of nitrogens with zero attached hydrogens (tertiary/aromatic N) is 4. The highest BCUT2D eigenvalue weighted by atomic mass is 79.9. The van der Waals surface area contributed by atoms with Gasteiger partial charge in [0.1, 0.15) is 5.82 Å². The number of para-hydroxylation sites is 2. The number of hydrogen-bond donors (Lipinski definition) is 0. The van der Waals surface area contributed by atoms with E-state index in [1.807, 2.05) is 30.0 Å². The molecule has 1 fully saturated rings. The quantitative estimate of drug-likeness (QED) is 0.695. The molecule has 0 radical (unpaired) electrons. The number of pyridine rings is 1. The third-order valence-electron chi connectivity index (χ3n) is 4.24. The van der Waals surface area contributed by atoms with Gasteiger partial charge in [-0.15, -0.1) is 0 Å². The summed E-state index contributed by atoms with van der Waals surface area (Å²) in [5, 5.41) is 0. The van der Waals surface area contributed by atoms with Crippen LogP contribution in [0.4, 0.5) is 0 Å². The average Bonchev–Trinajstić information content (AvgIpc) is 2.82. The van der Waals surface area contributed by atoms with Crippen molar-refractivity contribution in [1.29, 1.82) is 0 Å². The third-order valence-corrected chi connectivity index (χ3v) is 4.67. The van der Waals surface area contributed by atoms with E-state index in [0.717, 1.165) is 21.3 Å². The molecule has 3 aromatic rings. The third kappa shape index (κ3) is 2.43. The monoisotopic (exact) mass is 370 g/mol. The van der Waals surface area contributed by atoms with Crippen molar-refractivity contribution >= 4 is 32.9 Å². The van der Waals surface area contributed by atoms with Crippen molar-refractivity contribution in [3.8, 4) is 0 Å². The Balaban J connectivity index is 1.55. The molecular weight excluding hydrogens is 356 g/mol. The van der Waals surface area contributed by atoms with Crippen LogP contribution in [0.1, 0.15) is 22.2 Å². The van der Waals surface area contributed by atoms with Gasteiger partial charge in [-0.2, -0.15) is 0 Å². The summed E-state index contributed by atoms with van der Waals surface area (Å²) in [7, 11) is 0. The van der Waals surface area contributed by atoms with E-state index in [0.29, 0.717) is 18.7 Å². The zero-order valence-electron chi connectivity index (χ0n) is 12.6.